The van der Waals surface area contributed by atoms with Gasteiger partial charge in [0.2, 0.25) is 15.9 Å². The second-order valence-electron chi connectivity index (χ2n) is 7.91. The molecule has 0 aliphatic rings. The number of ether oxygens (including phenoxy) is 3. The van der Waals surface area contributed by atoms with Crippen molar-refractivity contribution in [3.05, 3.63) is 52.0 Å². The fourth-order valence-corrected chi connectivity index (χ4v) is 4.16. The average molecular weight is 533 g/mol. The maximum absolute atomic E-state index is 12.4. The summed E-state index contributed by atoms with van der Waals surface area (Å²) in [6.45, 7) is 4.49. The van der Waals surface area contributed by atoms with Gasteiger partial charge in [-0.25, -0.2) is 13.1 Å². The average Bonchev–Trinajstić information content (AvgIpc) is 2.77. The first-order chi connectivity index (χ1) is 16.0. The van der Waals surface area contributed by atoms with Crippen LogP contribution in [0.2, 0.25) is 10.0 Å². The standard InChI is InChI=1S/C23H30Cl2N2O6S/c1-15(2)22(27-34(4,29)30)23(28)26-10-9-16-5-8-20(21(13-16)31-3)33-12-11-32-17-6-7-18(24)19(25)14-17/h5-8,13-15,22,27H,9-12H2,1-4H3,(H,26,28). The van der Waals surface area contributed by atoms with Crippen molar-refractivity contribution >= 4 is 39.1 Å². The third-order valence-electron chi connectivity index (χ3n) is 4.73. The maximum Gasteiger partial charge on any atom is 0.238 e. The highest BCUT2D eigenvalue weighted by atomic mass is 35.5. The van der Waals surface area contributed by atoms with Crippen molar-refractivity contribution in [3.63, 3.8) is 0 Å². The Labute approximate surface area is 210 Å². The van der Waals surface area contributed by atoms with Gasteiger partial charge in [0.15, 0.2) is 11.5 Å². The summed E-state index contributed by atoms with van der Waals surface area (Å²) in [6.07, 6.45) is 1.57. The van der Waals surface area contributed by atoms with Gasteiger partial charge in [-0.1, -0.05) is 43.1 Å². The number of methoxy groups -OCH3 is 1. The normalized spacial score (nSPS) is 12.3. The molecule has 2 N–H and O–H groups in total. The van der Waals surface area contributed by atoms with E-state index in [1.165, 1.54) is 0 Å². The molecular formula is C23H30Cl2N2O6S. The molecule has 1 amide bonds. The van der Waals surface area contributed by atoms with E-state index in [1.807, 2.05) is 12.1 Å². The SMILES string of the molecule is COc1cc(CCNC(=O)C(NS(C)(=O)=O)C(C)C)ccc1OCCOc1ccc(Cl)c(Cl)c1. The van der Waals surface area contributed by atoms with Crippen LogP contribution < -0.4 is 24.2 Å². The summed E-state index contributed by atoms with van der Waals surface area (Å²) < 4.78 is 42.2. The highest BCUT2D eigenvalue weighted by Crippen LogP contribution is 2.29. The van der Waals surface area contributed by atoms with E-state index in [9.17, 15) is 13.2 Å². The van der Waals surface area contributed by atoms with E-state index >= 15 is 0 Å². The molecule has 0 heterocycles. The van der Waals surface area contributed by atoms with Crippen LogP contribution in [0.15, 0.2) is 36.4 Å². The summed E-state index contributed by atoms with van der Waals surface area (Å²) in [6, 6.07) is 9.69. The lowest BCUT2D eigenvalue weighted by molar-refractivity contribution is -0.123. The van der Waals surface area contributed by atoms with Crippen molar-refractivity contribution in [1.82, 2.24) is 10.0 Å². The van der Waals surface area contributed by atoms with Crippen LogP contribution in [0, 0.1) is 5.92 Å². The molecule has 0 saturated heterocycles. The van der Waals surface area contributed by atoms with Crippen LogP contribution in [0.3, 0.4) is 0 Å². The molecule has 0 aromatic heterocycles. The molecule has 188 valence electrons. The Kier molecular flexibility index (Phi) is 10.8. The summed E-state index contributed by atoms with van der Waals surface area (Å²) in [7, 11) is -1.95. The number of benzene rings is 2. The predicted molar refractivity (Wildman–Crippen MR) is 134 cm³/mol. The molecule has 1 unspecified atom stereocenters. The number of carbonyl (C=O) groups is 1. The van der Waals surface area contributed by atoms with Gasteiger partial charge in [0.1, 0.15) is 25.0 Å². The fourth-order valence-electron chi connectivity index (χ4n) is 3.03. The van der Waals surface area contributed by atoms with Gasteiger partial charge >= 0.3 is 0 Å². The lowest BCUT2D eigenvalue weighted by atomic mass is 10.0. The van der Waals surface area contributed by atoms with Crippen LogP contribution in [0.1, 0.15) is 19.4 Å². The van der Waals surface area contributed by atoms with Crippen LogP contribution >= 0.6 is 23.2 Å². The molecule has 34 heavy (non-hydrogen) atoms. The predicted octanol–water partition coefficient (Wildman–Crippen LogP) is 3.69. The number of nitrogens with one attached hydrogen (secondary N) is 2. The molecular weight excluding hydrogens is 503 g/mol. The van der Waals surface area contributed by atoms with Crippen LogP contribution in [0.25, 0.3) is 0 Å². The summed E-state index contributed by atoms with van der Waals surface area (Å²) in [4.78, 5) is 12.4. The highest BCUT2D eigenvalue weighted by molar-refractivity contribution is 7.88. The molecule has 0 aliphatic heterocycles. The van der Waals surface area contributed by atoms with Crippen LogP contribution in [0.5, 0.6) is 17.2 Å². The van der Waals surface area contributed by atoms with Gasteiger partial charge in [0.05, 0.1) is 23.4 Å². The minimum atomic E-state index is -3.50. The van der Waals surface area contributed by atoms with Crippen LogP contribution in [-0.4, -0.2) is 53.5 Å². The van der Waals surface area contributed by atoms with Crippen molar-refractivity contribution in [2.45, 2.75) is 26.3 Å². The monoisotopic (exact) mass is 532 g/mol. The molecule has 0 radical (unpaired) electrons. The molecule has 11 heteroatoms. The number of amides is 1. The molecule has 2 rings (SSSR count). The van der Waals surface area contributed by atoms with Gasteiger partial charge in [0.25, 0.3) is 0 Å². The second-order valence-corrected chi connectivity index (χ2v) is 10.5. The first-order valence-corrected chi connectivity index (χ1v) is 13.3. The Bertz CT molecular complexity index is 1080. The number of halogens is 2. The Hall–Kier alpha value is -2.20. The van der Waals surface area contributed by atoms with E-state index in [4.69, 9.17) is 37.4 Å². The zero-order chi connectivity index (χ0) is 25.3. The van der Waals surface area contributed by atoms with Crippen molar-refractivity contribution in [2.24, 2.45) is 5.92 Å². The molecule has 2 aromatic rings. The quantitative estimate of drug-likeness (QED) is 0.381. The van der Waals surface area contributed by atoms with Gasteiger partial charge in [-0.05, 0) is 42.2 Å². The summed E-state index contributed by atoms with van der Waals surface area (Å²) in [5, 5.41) is 3.65. The van der Waals surface area contributed by atoms with E-state index in [0.29, 0.717) is 46.9 Å². The molecule has 0 fully saturated rings. The molecule has 0 saturated carbocycles. The summed E-state index contributed by atoms with van der Waals surface area (Å²) in [5.41, 5.74) is 0.925. The lowest BCUT2D eigenvalue weighted by Gasteiger charge is -2.20. The van der Waals surface area contributed by atoms with Gasteiger partial charge in [-0.3, -0.25) is 4.79 Å². The minimum absolute atomic E-state index is 0.188. The van der Waals surface area contributed by atoms with Crippen LogP contribution in [-0.2, 0) is 21.2 Å². The summed E-state index contributed by atoms with van der Waals surface area (Å²) in [5.74, 6) is 1.15. The summed E-state index contributed by atoms with van der Waals surface area (Å²) >= 11 is 11.9. The van der Waals surface area contributed by atoms with Gasteiger partial charge in [-0.2, -0.15) is 0 Å². The fraction of sp³-hybridized carbons (Fsp3) is 0.435. The number of carbonyl (C=O) groups excluding carboxylic acids is 1. The number of hydrogen-bond donors (Lipinski definition) is 2. The van der Waals surface area contributed by atoms with Crippen molar-refractivity contribution in [3.8, 4) is 17.2 Å². The zero-order valence-corrected chi connectivity index (χ0v) is 21.9. The second kappa shape index (κ2) is 13.0. The lowest BCUT2D eigenvalue weighted by Crippen LogP contribution is -2.49. The first kappa shape index (κ1) is 28.0. The van der Waals surface area contributed by atoms with Crippen molar-refractivity contribution in [2.75, 3.05) is 33.1 Å². The van der Waals surface area contributed by atoms with Crippen molar-refractivity contribution < 1.29 is 27.4 Å². The topological polar surface area (TPSA) is 103 Å². The van der Waals surface area contributed by atoms with E-state index in [0.717, 1.165) is 11.8 Å². The Morgan fingerprint density at radius 2 is 1.71 bits per heavy atom. The van der Waals surface area contributed by atoms with Gasteiger partial charge in [0, 0.05) is 12.6 Å². The Balaban J connectivity index is 1.85. The van der Waals surface area contributed by atoms with E-state index < -0.39 is 16.1 Å². The zero-order valence-electron chi connectivity index (χ0n) is 19.6. The van der Waals surface area contributed by atoms with Crippen molar-refractivity contribution in [1.29, 1.82) is 0 Å². The minimum Gasteiger partial charge on any atom is -0.493 e. The number of sulfonamides is 1. The molecule has 2 aromatic carbocycles. The molecule has 0 aliphatic carbocycles. The largest absolute Gasteiger partial charge is 0.493 e. The third-order valence-corrected chi connectivity index (χ3v) is 6.15. The molecule has 8 nitrogen and oxygen atoms in total. The van der Waals surface area contributed by atoms with E-state index in [2.05, 4.69) is 10.0 Å². The maximum atomic E-state index is 12.4. The third kappa shape index (κ3) is 9.21. The Morgan fingerprint density at radius 1 is 1.00 bits per heavy atom. The highest BCUT2D eigenvalue weighted by Gasteiger charge is 2.25. The van der Waals surface area contributed by atoms with Gasteiger partial charge in [-0.15, -0.1) is 0 Å². The van der Waals surface area contributed by atoms with E-state index in [-0.39, 0.29) is 18.4 Å². The number of rotatable bonds is 13. The number of hydrogen-bond acceptors (Lipinski definition) is 6. The Morgan fingerprint density at radius 3 is 2.32 bits per heavy atom. The smallest absolute Gasteiger partial charge is 0.238 e. The van der Waals surface area contributed by atoms with E-state index in [1.54, 1.807) is 45.2 Å². The molecule has 0 bridgehead atoms. The molecule has 1 atom stereocenters. The van der Waals surface area contributed by atoms with Crippen LogP contribution in [0.4, 0.5) is 0 Å². The first-order valence-electron chi connectivity index (χ1n) is 10.6. The molecule has 0 spiro atoms. The van der Waals surface area contributed by atoms with Gasteiger partial charge < -0.3 is 19.5 Å².